The fourth-order valence-corrected chi connectivity index (χ4v) is 2.36. The van der Waals surface area contributed by atoms with Crippen molar-refractivity contribution in [2.24, 2.45) is 0 Å². The van der Waals surface area contributed by atoms with E-state index in [1.165, 1.54) is 31.4 Å². The number of ether oxygens (including phenoxy) is 1. The molecule has 0 aromatic heterocycles. The molecule has 1 saturated carbocycles. The molecule has 0 atom stereocenters. The Kier molecular flexibility index (Phi) is 5.54. The number of rotatable bonds is 3. The van der Waals surface area contributed by atoms with E-state index in [1.807, 2.05) is 0 Å². The summed E-state index contributed by atoms with van der Waals surface area (Å²) in [7, 11) is 0. The van der Waals surface area contributed by atoms with Crippen molar-refractivity contribution >= 4 is 11.6 Å². The van der Waals surface area contributed by atoms with Crippen LogP contribution in [0.25, 0.3) is 0 Å². The normalized spacial score (nSPS) is 15.7. The van der Waals surface area contributed by atoms with E-state index in [9.17, 15) is 4.39 Å². The highest BCUT2D eigenvalue weighted by atomic mass is 35.5. The van der Waals surface area contributed by atoms with Gasteiger partial charge in [0.1, 0.15) is 11.6 Å². The molecule has 0 spiro atoms. The maximum atomic E-state index is 13.3. The van der Waals surface area contributed by atoms with Crippen molar-refractivity contribution in [1.82, 2.24) is 0 Å². The van der Waals surface area contributed by atoms with Crippen LogP contribution >= 0.6 is 11.6 Å². The molecule has 0 N–H and O–H groups in total. The Morgan fingerprint density at radius 2 is 2.05 bits per heavy atom. The molecule has 1 aliphatic rings. The van der Waals surface area contributed by atoms with Gasteiger partial charge in [-0.05, 0) is 43.9 Å². The Bertz CT molecular complexity index is 469. The first-order valence-electron chi connectivity index (χ1n) is 6.80. The molecule has 3 heteroatoms. The zero-order valence-electron chi connectivity index (χ0n) is 10.9. The lowest BCUT2D eigenvalue weighted by molar-refractivity contribution is 0.154. The first-order chi connectivity index (χ1) is 9.29. The highest BCUT2D eigenvalue weighted by Crippen LogP contribution is 2.26. The van der Waals surface area contributed by atoms with Gasteiger partial charge < -0.3 is 4.74 Å². The monoisotopic (exact) mass is 280 g/mol. The quantitative estimate of drug-likeness (QED) is 0.584. The molecule has 102 valence electrons. The third-order valence-electron chi connectivity index (χ3n) is 3.23. The zero-order chi connectivity index (χ0) is 13.5. The summed E-state index contributed by atoms with van der Waals surface area (Å²) in [6.07, 6.45) is 6.69. The summed E-state index contributed by atoms with van der Waals surface area (Å²) in [6, 6.07) is 4.53. The van der Waals surface area contributed by atoms with Crippen LogP contribution in [0.2, 0.25) is 0 Å². The van der Waals surface area contributed by atoms with Crippen LogP contribution in [0.3, 0.4) is 0 Å². The van der Waals surface area contributed by atoms with Gasteiger partial charge in [-0.1, -0.05) is 18.3 Å². The molecule has 0 amide bonds. The summed E-state index contributed by atoms with van der Waals surface area (Å²) in [5, 5.41) is 0. The molecule has 0 unspecified atom stereocenters. The van der Waals surface area contributed by atoms with Gasteiger partial charge in [0.15, 0.2) is 0 Å². The largest absolute Gasteiger partial charge is 0.489 e. The maximum absolute atomic E-state index is 13.3. The molecular formula is C16H18ClFO. The molecule has 0 aliphatic heterocycles. The second kappa shape index (κ2) is 7.40. The molecule has 0 saturated heterocycles. The second-order valence-corrected chi connectivity index (χ2v) is 5.14. The zero-order valence-corrected chi connectivity index (χ0v) is 11.7. The second-order valence-electron chi connectivity index (χ2n) is 4.76. The van der Waals surface area contributed by atoms with Gasteiger partial charge in [-0.2, -0.15) is 0 Å². The number of hydrogen-bond donors (Lipinski definition) is 0. The molecule has 1 aliphatic carbocycles. The third-order valence-corrected chi connectivity index (χ3v) is 3.42. The predicted molar refractivity (Wildman–Crippen MR) is 76.1 cm³/mol. The van der Waals surface area contributed by atoms with E-state index in [0.717, 1.165) is 12.8 Å². The first kappa shape index (κ1) is 14.2. The molecular weight excluding hydrogens is 263 g/mol. The van der Waals surface area contributed by atoms with Gasteiger partial charge in [0.05, 0.1) is 11.7 Å². The van der Waals surface area contributed by atoms with Crippen molar-refractivity contribution in [3.63, 3.8) is 0 Å². The van der Waals surface area contributed by atoms with Crippen molar-refractivity contribution in [3.05, 3.63) is 29.6 Å². The Hall–Kier alpha value is -1.20. The smallest absolute Gasteiger partial charge is 0.135 e. The third kappa shape index (κ3) is 4.44. The summed E-state index contributed by atoms with van der Waals surface area (Å²) in [5.74, 6) is 6.76. The van der Waals surface area contributed by atoms with E-state index < -0.39 is 0 Å². The minimum Gasteiger partial charge on any atom is -0.489 e. The Morgan fingerprint density at radius 3 is 2.79 bits per heavy atom. The molecule has 1 aromatic rings. The Balaban J connectivity index is 2.12. The van der Waals surface area contributed by atoms with E-state index in [-0.39, 0.29) is 11.9 Å². The highest BCUT2D eigenvalue weighted by Gasteiger charge is 2.16. The lowest BCUT2D eigenvalue weighted by Gasteiger charge is -2.23. The van der Waals surface area contributed by atoms with Crippen LogP contribution in [-0.4, -0.2) is 12.0 Å². The standard InChI is InChI=1S/C16H18ClFO/c17-11-5-4-6-13-12-14(18)9-10-16(13)19-15-7-2-1-3-8-15/h9-10,12,15H,1-3,5,7-8,11H2. The summed E-state index contributed by atoms with van der Waals surface area (Å²) in [5.41, 5.74) is 0.621. The lowest BCUT2D eigenvalue weighted by atomic mass is 9.97. The average molecular weight is 281 g/mol. The van der Waals surface area contributed by atoms with Crippen LogP contribution in [0.4, 0.5) is 4.39 Å². The van der Waals surface area contributed by atoms with Crippen molar-refractivity contribution in [2.45, 2.75) is 44.6 Å². The van der Waals surface area contributed by atoms with Crippen molar-refractivity contribution in [2.75, 3.05) is 5.88 Å². The van der Waals surface area contributed by atoms with Crippen LogP contribution in [0.1, 0.15) is 44.1 Å². The van der Waals surface area contributed by atoms with Crippen LogP contribution < -0.4 is 4.74 Å². The van der Waals surface area contributed by atoms with E-state index in [1.54, 1.807) is 6.07 Å². The summed E-state index contributed by atoms with van der Waals surface area (Å²) in [6.45, 7) is 0. The van der Waals surface area contributed by atoms with Gasteiger partial charge in [-0.25, -0.2) is 4.39 Å². The van der Waals surface area contributed by atoms with E-state index >= 15 is 0 Å². The summed E-state index contributed by atoms with van der Waals surface area (Å²) < 4.78 is 19.3. The van der Waals surface area contributed by atoms with E-state index in [4.69, 9.17) is 16.3 Å². The molecule has 0 heterocycles. The molecule has 19 heavy (non-hydrogen) atoms. The van der Waals surface area contributed by atoms with Crippen LogP contribution in [0.5, 0.6) is 5.75 Å². The van der Waals surface area contributed by atoms with E-state index in [2.05, 4.69) is 11.8 Å². The van der Waals surface area contributed by atoms with Crippen LogP contribution in [0.15, 0.2) is 18.2 Å². The number of hydrogen-bond acceptors (Lipinski definition) is 1. The Morgan fingerprint density at radius 1 is 1.26 bits per heavy atom. The molecule has 1 nitrogen and oxygen atoms in total. The fourth-order valence-electron chi connectivity index (χ4n) is 2.27. The first-order valence-corrected chi connectivity index (χ1v) is 7.34. The topological polar surface area (TPSA) is 9.23 Å². The van der Waals surface area contributed by atoms with Crippen LogP contribution in [-0.2, 0) is 0 Å². The summed E-state index contributed by atoms with van der Waals surface area (Å²) in [4.78, 5) is 0. The van der Waals surface area contributed by atoms with Crippen molar-refractivity contribution < 1.29 is 9.13 Å². The molecule has 1 aromatic carbocycles. The van der Waals surface area contributed by atoms with Crippen molar-refractivity contribution in [3.8, 4) is 17.6 Å². The van der Waals surface area contributed by atoms with Gasteiger partial charge in [-0.15, -0.1) is 11.6 Å². The number of benzene rings is 1. The average Bonchev–Trinajstić information content (AvgIpc) is 2.43. The predicted octanol–water partition coefficient (Wildman–Crippen LogP) is 4.52. The number of halogens is 2. The molecule has 0 bridgehead atoms. The van der Waals surface area contributed by atoms with Gasteiger partial charge >= 0.3 is 0 Å². The molecule has 0 radical (unpaired) electrons. The van der Waals surface area contributed by atoms with Gasteiger partial charge in [0.2, 0.25) is 0 Å². The van der Waals surface area contributed by atoms with Gasteiger partial charge in [-0.3, -0.25) is 0 Å². The molecule has 2 rings (SSSR count). The van der Waals surface area contributed by atoms with Crippen molar-refractivity contribution in [1.29, 1.82) is 0 Å². The van der Waals surface area contributed by atoms with Gasteiger partial charge in [0.25, 0.3) is 0 Å². The minimum atomic E-state index is -0.286. The number of alkyl halides is 1. The highest BCUT2D eigenvalue weighted by molar-refractivity contribution is 6.18. The fraction of sp³-hybridized carbons (Fsp3) is 0.500. The van der Waals surface area contributed by atoms with E-state index in [0.29, 0.717) is 23.6 Å². The minimum absolute atomic E-state index is 0.243. The summed E-state index contributed by atoms with van der Waals surface area (Å²) >= 11 is 5.59. The van der Waals surface area contributed by atoms with Gasteiger partial charge in [0, 0.05) is 12.3 Å². The Labute approximate surface area is 119 Å². The maximum Gasteiger partial charge on any atom is 0.135 e. The SMILES string of the molecule is Fc1ccc(OC2CCCCC2)c(C#CCCCl)c1. The lowest BCUT2D eigenvalue weighted by Crippen LogP contribution is -2.20. The molecule has 1 fully saturated rings. The van der Waals surface area contributed by atoms with Crippen LogP contribution in [0, 0.1) is 17.7 Å².